The molecule has 0 bridgehead atoms. The molecule has 2 heterocycles. The minimum absolute atomic E-state index is 0.0421. The number of carboxylic acids is 1. The standard InChI is InChI=1S/C32H30F2N6O8/c1-44-22-13-17(31(42)43)14-23(45-2)26(22)48-27-24(33)29(39-30(25(27)34)47-21-12-16(28(35)36)8-9-20(21)41)46-19-7-5-6-18(15-19)38-32(37)40-10-3-4-11-40/h5-9,12-15,41H,3-4,10-11H2,1-2H3,(H3,35,36)(H2,37,38)(H,42,43)/p+1. The van der Waals surface area contributed by atoms with Crippen LogP contribution in [0.25, 0.3) is 0 Å². The highest BCUT2D eigenvalue weighted by Gasteiger charge is 2.29. The summed E-state index contributed by atoms with van der Waals surface area (Å²) in [6.07, 6.45) is 1.94. The van der Waals surface area contributed by atoms with Gasteiger partial charge >= 0.3 is 5.97 Å². The molecule has 14 nitrogen and oxygen atoms in total. The molecular formula is C32H31F2N6O8+. The van der Waals surface area contributed by atoms with Crippen molar-refractivity contribution in [2.75, 3.05) is 32.6 Å². The van der Waals surface area contributed by atoms with Crippen molar-refractivity contribution in [3.8, 4) is 52.0 Å². The summed E-state index contributed by atoms with van der Waals surface area (Å²) in [5.41, 5.74) is 6.08. The predicted molar refractivity (Wildman–Crippen MR) is 168 cm³/mol. The number of aromatic hydroxyl groups is 1. The molecule has 0 atom stereocenters. The summed E-state index contributed by atoms with van der Waals surface area (Å²) in [6, 6.07) is 12.1. The molecule has 0 saturated carbocycles. The van der Waals surface area contributed by atoms with Crippen LogP contribution in [0.3, 0.4) is 0 Å². The van der Waals surface area contributed by atoms with Crippen LogP contribution in [0.2, 0.25) is 0 Å². The molecule has 0 unspecified atom stereocenters. The lowest BCUT2D eigenvalue weighted by Gasteiger charge is -2.20. The van der Waals surface area contributed by atoms with Crippen LogP contribution in [0, 0.1) is 17.0 Å². The maximum absolute atomic E-state index is 16.1. The smallest absolute Gasteiger partial charge is 0.335 e. The lowest BCUT2D eigenvalue weighted by molar-refractivity contribution is -0.114. The van der Waals surface area contributed by atoms with E-state index in [2.05, 4.69) is 10.3 Å². The summed E-state index contributed by atoms with van der Waals surface area (Å²) < 4.78 is 59.7. The van der Waals surface area contributed by atoms with E-state index in [0.717, 1.165) is 38.1 Å². The van der Waals surface area contributed by atoms with E-state index in [4.69, 9.17) is 40.2 Å². The van der Waals surface area contributed by atoms with Gasteiger partial charge in [0.25, 0.3) is 17.6 Å². The first kappa shape index (κ1) is 33.1. The van der Waals surface area contributed by atoms with Gasteiger partial charge < -0.3 is 44.1 Å². The second-order valence-corrected chi connectivity index (χ2v) is 10.3. The summed E-state index contributed by atoms with van der Waals surface area (Å²) in [7, 11) is 2.38. The van der Waals surface area contributed by atoms with Crippen molar-refractivity contribution in [3.05, 3.63) is 77.4 Å². The molecule has 0 spiro atoms. The molecule has 48 heavy (non-hydrogen) atoms. The number of phenols is 1. The Morgan fingerprint density at radius 2 is 1.54 bits per heavy atom. The van der Waals surface area contributed by atoms with Crippen molar-refractivity contribution < 1.29 is 52.9 Å². The molecule has 0 aliphatic carbocycles. The van der Waals surface area contributed by atoms with E-state index < -0.39 is 40.9 Å². The van der Waals surface area contributed by atoms with Crippen LogP contribution in [-0.2, 0) is 0 Å². The number of aromatic carboxylic acids is 1. The van der Waals surface area contributed by atoms with E-state index in [1.54, 1.807) is 12.1 Å². The maximum atomic E-state index is 16.1. The van der Waals surface area contributed by atoms with Crippen molar-refractivity contribution in [2.24, 2.45) is 5.73 Å². The van der Waals surface area contributed by atoms with Gasteiger partial charge in [-0.25, -0.2) is 4.79 Å². The van der Waals surface area contributed by atoms with Crippen molar-refractivity contribution in [1.82, 2.24) is 9.88 Å². The number of nitrogens with one attached hydrogen (secondary N) is 2. The fourth-order valence-corrected chi connectivity index (χ4v) is 4.70. The highest BCUT2D eigenvalue weighted by molar-refractivity contribution is 5.93. The zero-order valence-electron chi connectivity index (χ0n) is 25.7. The van der Waals surface area contributed by atoms with Gasteiger partial charge in [0, 0.05) is 30.9 Å². The van der Waals surface area contributed by atoms with Gasteiger partial charge in [0.15, 0.2) is 29.0 Å². The fourth-order valence-electron chi connectivity index (χ4n) is 4.70. The highest BCUT2D eigenvalue weighted by Crippen LogP contribution is 2.46. The molecule has 0 radical (unpaired) electrons. The number of rotatable bonds is 11. The number of anilines is 1. The van der Waals surface area contributed by atoms with Crippen molar-refractivity contribution in [3.63, 3.8) is 0 Å². The summed E-state index contributed by atoms with van der Waals surface area (Å²) in [6.45, 7) is 1.47. The maximum Gasteiger partial charge on any atom is 0.335 e. The molecule has 1 aromatic heterocycles. The number of hydrogen-bond donors (Lipinski definition) is 6. The Hall–Kier alpha value is -6.32. The number of guanidine groups is 1. The molecule has 1 fully saturated rings. The summed E-state index contributed by atoms with van der Waals surface area (Å²) in [5.74, 6) is -8.58. The molecule has 16 heteroatoms. The van der Waals surface area contributed by atoms with Gasteiger partial charge in [-0.15, -0.1) is 0 Å². The van der Waals surface area contributed by atoms with Gasteiger partial charge in [0.1, 0.15) is 5.75 Å². The number of halogens is 2. The molecule has 3 aromatic carbocycles. The number of aromatic nitrogens is 1. The minimum Gasteiger partial charge on any atom is -0.504 e. The van der Waals surface area contributed by atoms with Crippen LogP contribution in [-0.4, -0.2) is 65.2 Å². The number of amidine groups is 1. The van der Waals surface area contributed by atoms with Crippen LogP contribution in [0.1, 0.15) is 28.8 Å². The molecule has 1 saturated heterocycles. The Bertz CT molecular complexity index is 1880. The summed E-state index contributed by atoms with van der Waals surface area (Å²) in [5, 5.41) is 36.8. The molecule has 8 N–H and O–H groups in total. The van der Waals surface area contributed by atoms with E-state index in [9.17, 15) is 15.0 Å². The number of likely N-dealkylation sites (tertiary alicyclic amines) is 1. The zero-order valence-corrected chi connectivity index (χ0v) is 25.7. The van der Waals surface area contributed by atoms with Gasteiger partial charge in [-0.05, 0) is 49.2 Å². The van der Waals surface area contributed by atoms with Gasteiger partial charge in [-0.2, -0.15) is 13.8 Å². The third-order valence-electron chi connectivity index (χ3n) is 7.12. The van der Waals surface area contributed by atoms with E-state index >= 15 is 8.78 Å². The van der Waals surface area contributed by atoms with E-state index in [1.165, 1.54) is 44.6 Å². The number of benzene rings is 3. The molecule has 1 aliphatic rings. The van der Waals surface area contributed by atoms with Crippen molar-refractivity contribution in [1.29, 1.82) is 5.41 Å². The van der Waals surface area contributed by atoms with Crippen LogP contribution in [0.15, 0.2) is 54.6 Å². The Morgan fingerprint density at radius 3 is 2.15 bits per heavy atom. The van der Waals surface area contributed by atoms with E-state index in [0.29, 0.717) is 5.69 Å². The normalized spacial score (nSPS) is 12.3. The zero-order chi connectivity index (χ0) is 34.5. The van der Waals surface area contributed by atoms with E-state index in [-0.39, 0.29) is 51.7 Å². The number of pyridine rings is 1. The second-order valence-electron chi connectivity index (χ2n) is 10.3. The van der Waals surface area contributed by atoms with Crippen LogP contribution in [0.5, 0.6) is 52.0 Å². The van der Waals surface area contributed by atoms with Gasteiger partial charge in [-0.1, -0.05) is 6.07 Å². The number of ether oxygens (including phenoxy) is 5. The molecule has 1 aliphatic heterocycles. The molecular weight excluding hydrogens is 634 g/mol. The molecule has 250 valence electrons. The lowest BCUT2D eigenvalue weighted by Crippen LogP contribution is -2.46. The van der Waals surface area contributed by atoms with E-state index in [1.807, 2.05) is 4.90 Å². The third kappa shape index (κ3) is 7.06. The first-order valence-corrected chi connectivity index (χ1v) is 14.3. The quantitative estimate of drug-likeness (QED) is 0.0991. The number of nitrogens with two attached hydrogens (primary N) is 2. The number of carboxylic acid groups (broad SMARTS) is 1. The Kier molecular flexibility index (Phi) is 9.63. The topological polar surface area (TPSA) is 207 Å². The van der Waals surface area contributed by atoms with Gasteiger partial charge in [0.05, 0.1) is 25.3 Å². The van der Waals surface area contributed by atoms with Gasteiger partial charge in [-0.3, -0.25) is 16.6 Å². The number of methoxy groups -OCH3 is 2. The largest absolute Gasteiger partial charge is 0.504 e. The Morgan fingerprint density at radius 1 is 0.917 bits per heavy atom. The first-order chi connectivity index (χ1) is 23.0. The SMILES string of the molecule is COc1cc(C(=O)O)cc(OC)c1Oc1c(F)c(Oc2cccc(NC(=N)N3CCCC3)c2)nc(Oc2cc(C(N)=[NH2+])ccc2O)c1F. The monoisotopic (exact) mass is 665 g/mol. The predicted octanol–water partition coefficient (Wildman–Crippen LogP) is 4.06. The van der Waals surface area contributed by atoms with Crippen molar-refractivity contribution >= 4 is 23.5 Å². The third-order valence-corrected chi connectivity index (χ3v) is 7.12. The first-order valence-electron chi connectivity index (χ1n) is 14.3. The summed E-state index contributed by atoms with van der Waals surface area (Å²) >= 11 is 0. The number of nitrogens with zero attached hydrogens (tertiary/aromatic N) is 2. The second kappa shape index (κ2) is 14.0. The Labute approximate surface area is 272 Å². The number of hydrogen-bond acceptors (Lipinski definition) is 9. The lowest BCUT2D eigenvalue weighted by atomic mass is 10.2. The minimum atomic E-state index is -1.48. The van der Waals surface area contributed by atoms with Crippen LogP contribution >= 0.6 is 0 Å². The average Bonchev–Trinajstić information content (AvgIpc) is 3.61. The number of carbonyl (C=O) groups is 1. The van der Waals surface area contributed by atoms with Crippen LogP contribution < -0.4 is 40.1 Å². The molecule has 4 aromatic rings. The number of phenolic OH excluding ortho intramolecular Hbond substituents is 1. The van der Waals surface area contributed by atoms with Gasteiger partial charge in [0.2, 0.25) is 23.1 Å². The fraction of sp³-hybridized carbons (Fsp3) is 0.188. The van der Waals surface area contributed by atoms with Crippen molar-refractivity contribution in [2.45, 2.75) is 12.8 Å². The van der Waals surface area contributed by atoms with Crippen LogP contribution in [0.4, 0.5) is 14.5 Å². The Balaban J connectivity index is 1.59. The molecule has 5 rings (SSSR count). The average molecular weight is 666 g/mol. The molecule has 0 amide bonds. The summed E-state index contributed by atoms with van der Waals surface area (Å²) in [4.78, 5) is 17.4. The highest BCUT2D eigenvalue weighted by atomic mass is 19.1.